The van der Waals surface area contributed by atoms with Crippen molar-refractivity contribution in [2.24, 2.45) is 0 Å². The average molecular weight is 348 g/mol. The topological polar surface area (TPSA) is 47.6 Å². The van der Waals surface area contributed by atoms with E-state index in [-0.39, 0.29) is 11.7 Å². The predicted octanol–water partition coefficient (Wildman–Crippen LogP) is 4.08. The molecule has 0 aliphatic carbocycles. The Kier molecular flexibility index (Phi) is 8.01. The van der Waals surface area contributed by atoms with Gasteiger partial charge in [-0.05, 0) is 64.9 Å². The minimum absolute atomic E-state index is 0.279. The minimum Gasteiger partial charge on any atom is -0.490 e. The van der Waals surface area contributed by atoms with Gasteiger partial charge in [-0.2, -0.15) is 0 Å². The second-order valence-electron chi connectivity index (χ2n) is 6.00. The van der Waals surface area contributed by atoms with E-state index in [1.54, 1.807) is 18.2 Å². The normalized spacial score (nSPS) is 15.5. The molecule has 124 valence electrons. The molecule has 1 aliphatic rings. The van der Waals surface area contributed by atoms with E-state index >= 15 is 0 Å². The lowest BCUT2D eigenvalue weighted by Crippen LogP contribution is -2.34. The molecule has 1 aliphatic heterocycles. The Labute approximate surface area is 142 Å². The largest absolute Gasteiger partial charge is 0.490 e. The number of nitrogens with one attached hydrogen (secondary N) is 1. The van der Waals surface area contributed by atoms with Gasteiger partial charge in [0.2, 0.25) is 0 Å². The summed E-state index contributed by atoms with van der Waals surface area (Å²) in [4.78, 5) is 9.60. The van der Waals surface area contributed by atoms with Crippen molar-refractivity contribution in [2.75, 3.05) is 13.1 Å². The number of piperidine rings is 1. The van der Waals surface area contributed by atoms with Crippen LogP contribution in [-0.4, -0.2) is 31.3 Å². The summed E-state index contributed by atoms with van der Waals surface area (Å²) in [7, 11) is 0. The number of halogens is 2. The number of ether oxygens (including phenoxy) is 2. The smallest absolute Gasteiger partial charge is 0.293 e. The van der Waals surface area contributed by atoms with E-state index in [0.717, 1.165) is 31.7 Å². The minimum atomic E-state index is -0.318. The molecule has 0 atom stereocenters. The Balaban J connectivity index is 0.000000295. The third-order valence-electron chi connectivity index (χ3n) is 2.83. The Hall–Kier alpha value is -0.970. The summed E-state index contributed by atoms with van der Waals surface area (Å²) < 4.78 is 10.4. The molecule has 0 unspecified atom stereocenters. The zero-order chi connectivity index (χ0) is 16.6. The predicted molar refractivity (Wildman–Crippen MR) is 89.9 cm³/mol. The van der Waals surface area contributed by atoms with Gasteiger partial charge in [-0.25, -0.2) is 0 Å². The van der Waals surface area contributed by atoms with Gasteiger partial charge in [0.25, 0.3) is 6.47 Å². The van der Waals surface area contributed by atoms with E-state index in [4.69, 9.17) is 27.9 Å². The van der Waals surface area contributed by atoms with Crippen LogP contribution in [0.2, 0.25) is 10.0 Å². The summed E-state index contributed by atoms with van der Waals surface area (Å²) in [5, 5.41) is 4.53. The molecular formula is C16H23Cl2NO3. The van der Waals surface area contributed by atoms with Crippen molar-refractivity contribution in [3.63, 3.8) is 0 Å². The summed E-state index contributed by atoms with van der Waals surface area (Å²) in [6.45, 7) is 7.95. The van der Waals surface area contributed by atoms with Crippen LogP contribution in [0.1, 0.15) is 33.6 Å². The van der Waals surface area contributed by atoms with Crippen molar-refractivity contribution >= 4 is 29.7 Å². The van der Waals surface area contributed by atoms with Gasteiger partial charge in [-0.3, -0.25) is 4.79 Å². The molecule has 1 heterocycles. The molecule has 2 rings (SSSR count). The van der Waals surface area contributed by atoms with E-state index in [0.29, 0.717) is 16.5 Å². The Morgan fingerprint density at radius 2 is 1.68 bits per heavy atom. The fourth-order valence-electron chi connectivity index (χ4n) is 1.85. The van der Waals surface area contributed by atoms with E-state index < -0.39 is 0 Å². The van der Waals surface area contributed by atoms with Crippen molar-refractivity contribution in [2.45, 2.75) is 45.3 Å². The second kappa shape index (κ2) is 9.23. The number of carbonyl (C=O) groups excluding carboxylic acids is 1. The van der Waals surface area contributed by atoms with Gasteiger partial charge in [-0.1, -0.05) is 23.2 Å². The van der Waals surface area contributed by atoms with E-state index in [9.17, 15) is 4.79 Å². The van der Waals surface area contributed by atoms with Crippen molar-refractivity contribution in [1.29, 1.82) is 0 Å². The van der Waals surface area contributed by atoms with Crippen LogP contribution in [0.4, 0.5) is 0 Å². The standard InChI is InChI=1S/C11H13Cl2NO.C5H10O2/c12-8-5-9(13)7-11(6-8)15-10-1-3-14-4-2-10;1-5(2,3)7-4-6/h5-7,10,14H,1-4H2;4H,1-3H3. The first kappa shape index (κ1) is 19.1. The van der Waals surface area contributed by atoms with Gasteiger partial charge >= 0.3 is 0 Å². The highest BCUT2D eigenvalue weighted by Gasteiger charge is 2.14. The Morgan fingerprint density at radius 3 is 2.09 bits per heavy atom. The molecule has 0 spiro atoms. The molecule has 0 amide bonds. The fourth-order valence-corrected chi connectivity index (χ4v) is 2.35. The summed E-state index contributed by atoms with van der Waals surface area (Å²) in [6, 6.07) is 5.31. The number of hydrogen-bond donors (Lipinski definition) is 1. The van der Waals surface area contributed by atoms with Crippen LogP contribution in [0.15, 0.2) is 18.2 Å². The molecule has 0 aromatic heterocycles. The molecule has 22 heavy (non-hydrogen) atoms. The molecular weight excluding hydrogens is 325 g/mol. The highest BCUT2D eigenvalue weighted by molar-refractivity contribution is 6.34. The summed E-state index contributed by atoms with van der Waals surface area (Å²) in [5.74, 6) is 0.763. The molecule has 1 N–H and O–H groups in total. The number of carbonyl (C=O) groups is 1. The van der Waals surface area contributed by atoms with Crippen LogP contribution in [0.5, 0.6) is 5.75 Å². The molecule has 0 radical (unpaired) electrons. The molecule has 0 bridgehead atoms. The molecule has 1 fully saturated rings. The van der Waals surface area contributed by atoms with Crippen LogP contribution in [0, 0.1) is 0 Å². The highest BCUT2D eigenvalue weighted by Crippen LogP contribution is 2.26. The molecule has 1 saturated heterocycles. The van der Waals surface area contributed by atoms with Crippen LogP contribution in [0.25, 0.3) is 0 Å². The van der Waals surface area contributed by atoms with Crippen LogP contribution in [0.3, 0.4) is 0 Å². The summed E-state index contributed by atoms with van der Waals surface area (Å²) in [6.07, 6.45) is 2.34. The van der Waals surface area contributed by atoms with E-state index in [1.807, 2.05) is 20.8 Å². The SMILES string of the molecule is CC(C)(C)OC=O.Clc1cc(Cl)cc(OC2CCNCC2)c1. The van der Waals surface area contributed by atoms with Crippen molar-refractivity contribution in [1.82, 2.24) is 5.32 Å². The number of rotatable bonds is 3. The van der Waals surface area contributed by atoms with Crippen LogP contribution < -0.4 is 10.1 Å². The molecule has 6 heteroatoms. The maximum atomic E-state index is 9.60. The first-order valence-electron chi connectivity index (χ1n) is 7.25. The third kappa shape index (κ3) is 8.47. The maximum Gasteiger partial charge on any atom is 0.293 e. The van der Waals surface area contributed by atoms with Crippen molar-refractivity contribution < 1.29 is 14.3 Å². The zero-order valence-electron chi connectivity index (χ0n) is 13.2. The molecule has 1 aromatic carbocycles. The van der Waals surface area contributed by atoms with Gasteiger partial charge in [-0.15, -0.1) is 0 Å². The van der Waals surface area contributed by atoms with Gasteiger partial charge in [0.1, 0.15) is 17.5 Å². The van der Waals surface area contributed by atoms with E-state index in [2.05, 4.69) is 10.1 Å². The van der Waals surface area contributed by atoms with Gasteiger partial charge < -0.3 is 14.8 Å². The fraction of sp³-hybridized carbons (Fsp3) is 0.562. The molecule has 4 nitrogen and oxygen atoms in total. The van der Waals surface area contributed by atoms with Crippen LogP contribution >= 0.6 is 23.2 Å². The lowest BCUT2D eigenvalue weighted by Gasteiger charge is -2.23. The average Bonchev–Trinajstić information content (AvgIpc) is 2.37. The van der Waals surface area contributed by atoms with E-state index in [1.165, 1.54) is 0 Å². The Morgan fingerprint density at radius 1 is 1.14 bits per heavy atom. The highest BCUT2D eigenvalue weighted by atomic mass is 35.5. The lowest BCUT2D eigenvalue weighted by molar-refractivity contribution is -0.138. The lowest BCUT2D eigenvalue weighted by atomic mass is 10.1. The Bertz CT molecular complexity index is 449. The second-order valence-corrected chi connectivity index (χ2v) is 6.87. The van der Waals surface area contributed by atoms with Crippen molar-refractivity contribution in [3.05, 3.63) is 28.2 Å². The third-order valence-corrected chi connectivity index (χ3v) is 3.26. The quantitative estimate of drug-likeness (QED) is 0.836. The maximum absolute atomic E-state index is 9.60. The monoisotopic (exact) mass is 347 g/mol. The van der Waals surface area contributed by atoms with Crippen molar-refractivity contribution in [3.8, 4) is 5.75 Å². The summed E-state index contributed by atoms with van der Waals surface area (Å²) in [5.41, 5.74) is -0.318. The summed E-state index contributed by atoms with van der Waals surface area (Å²) >= 11 is 11.8. The van der Waals surface area contributed by atoms with Gasteiger partial charge in [0.05, 0.1) is 0 Å². The van der Waals surface area contributed by atoms with Crippen LogP contribution in [-0.2, 0) is 9.53 Å². The zero-order valence-corrected chi connectivity index (χ0v) is 14.7. The number of benzene rings is 1. The van der Waals surface area contributed by atoms with Gasteiger partial charge in [0, 0.05) is 10.0 Å². The number of hydrogen-bond acceptors (Lipinski definition) is 4. The molecule has 1 aromatic rings. The van der Waals surface area contributed by atoms with Gasteiger partial charge in [0.15, 0.2) is 0 Å². The molecule has 0 saturated carbocycles. The first-order valence-corrected chi connectivity index (χ1v) is 8.00. The first-order chi connectivity index (χ1) is 10.3.